The molecule has 116 valence electrons. The number of carbonyl (C=O) groups is 2. The lowest BCUT2D eigenvalue weighted by atomic mass is 10.1. The third-order valence-corrected chi connectivity index (χ3v) is 2.73. The Morgan fingerprint density at radius 1 is 1.38 bits per heavy atom. The Labute approximate surface area is 120 Å². The van der Waals surface area contributed by atoms with E-state index in [1.54, 1.807) is 0 Å². The zero-order valence-corrected chi connectivity index (χ0v) is 11.6. The van der Waals surface area contributed by atoms with Crippen LogP contribution in [0.25, 0.3) is 0 Å². The number of carboxylic acids is 1. The molecule has 21 heavy (non-hydrogen) atoms. The number of benzene rings is 1. The number of carbonyl (C=O) groups excluding carboxylic acids is 1. The van der Waals surface area contributed by atoms with Crippen molar-refractivity contribution >= 4 is 11.9 Å². The molecule has 0 bridgehead atoms. The van der Waals surface area contributed by atoms with Crippen LogP contribution in [-0.2, 0) is 9.59 Å². The van der Waals surface area contributed by atoms with Crippen LogP contribution in [0, 0.1) is 11.6 Å². The maximum atomic E-state index is 13.3. The van der Waals surface area contributed by atoms with Crippen molar-refractivity contribution in [3.05, 3.63) is 29.8 Å². The normalized spacial score (nSPS) is 11.8. The largest absolute Gasteiger partial charge is 0.481 e. The Morgan fingerprint density at radius 3 is 2.67 bits per heavy atom. The van der Waals surface area contributed by atoms with E-state index in [0.29, 0.717) is 18.9 Å². The number of carboxylic acid groups (broad SMARTS) is 1. The smallest absolute Gasteiger partial charge is 0.326 e. The summed E-state index contributed by atoms with van der Waals surface area (Å²) in [6.45, 7) is 1.36. The van der Waals surface area contributed by atoms with Crippen LogP contribution in [0.1, 0.15) is 26.2 Å². The van der Waals surface area contributed by atoms with E-state index in [0.717, 1.165) is 18.6 Å². The van der Waals surface area contributed by atoms with E-state index in [9.17, 15) is 18.4 Å². The summed E-state index contributed by atoms with van der Waals surface area (Å²) in [5, 5.41) is 11.2. The van der Waals surface area contributed by atoms with Crippen molar-refractivity contribution in [2.75, 3.05) is 6.61 Å². The number of aliphatic carboxylic acids is 1. The minimum absolute atomic E-state index is 0.271. The van der Waals surface area contributed by atoms with Gasteiger partial charge in [-0.15, -0.1) is 0 Å². The highest BCUT2D eigenvalue weighted by Crippen LogP contribution is 2.17. The molecule has 1 rings (SSSR count). The molecule has 0 saturated carbocycles. The molecule has 0 aliphatic carbocycles. The summed E-state index contributed by atoms with van der Waals surface area (Å²) < 4.78 is 30.8. The average Bonchev–Trinajstić information content (AvgIpc) is 2.42. The third-order valence-electron chi connectivity index (χ3n) is 2.73. The number of amides is 1. The molecule has 0 aliphatic heterocycles. The van der Waals surface area contributed by atoms with Crippen molar-refractivity contribution < 1.29 is 28.2 Å². The van der Waals surface area contributed by atoms with Crippen molar-refractivity contribution in [3.63, 3.8) is 0 Å². The Morgan fingerprint density at radius 2 is 2.10 bits per heavy atom. The van der Waals surface area contributed by atoms with Crippen LogP contribution in [0.3, 0.4) is 0 Å². The van der Waals surface area contributed by atoms with Gasteiger partial charge in [0.15, 0.2) is 18.2 Å². The summed E-state index contributed by atoms with van der Waals surface area (Å²) in [6.07, 6.45) is 1.77. The van der Waals surface area contributed by atoms with Crippen molar-refractivity contribution in [2.24, 2.45) is 0 Å². The number of rotatable bonds is 8. The number of hydrogen-bond acceptors (Lipinski definition) is 3. The summed E-state index contributed by atoms with van der Waals surface area (Å²) in [5.74, 6) is -3.77. The number of ether oxygens (including phenoxy) is 1. The molecular formula is C14H17F2NO4. The first-order valence-electron chi connectivity index (χ1n) is 6.54. The second-order valence-electron chi connectivity index (χ2n) is 4.46. The van der Waals surface area contributed by atoms with E-state index in [1.807, 2.05) is 6.92 Å². The minimum Gasteiger partial charge on any atom is -0.481 e. The van der Waals surface area contributed by atoms with Crippen molar-refractivity contribution in [1.82, 2.24) is 5.32 Å². The topological polar surface area (TPSA) is 75.6 Å². The van der Waals surface area contributed by atoms with Crippen molar-refractivity contribution in [1.29, 1.82) is 0 Å². The standard InChI is InChI=1S/C14H17F2NO4/c1-2-3-4-11(14(19)20)17-13(18)8-21-12-6-5-9(15)7-10(12)16/h5-7,11H,2-4,8H2,1H3,(H,17,18)(H,19,20)/t11-/m0/s1. The Balaban J connectivity index is 2.50. The number of halogens is 2. The predicted octanol–water partition coefficient (Wildman–Crippen LogP) is 2.10. The van der Waals surface area contributed by atoms with Gasteiger partial charge in [-0.05, 0) is 18.6 Å². The second-order valence-corrected chi connectivity index (χ2v) is 4.46. The minimum atomic E-state index is -1.13. The number of nitrogens with one attached hydrogen (secondary N) is 1. The fraction of sp³-hybridized carbons (Fsp3) is 0.429. The number of unbranched alkanes of at least 4 members (excludes halogenated alkanes) is 1. The van der Waals surface area contributed by atoms with Gasteiger partial charge in [-0.25, -0.2) is 13.6 Å². The first kappa shape index (κ1) is 16.9. The first-order valence-corrected chi connectivity index (χ1v) is 6.54. The maximum Gasteiger partial charge on any atom is 0.326 e. The molecule has 1 aromatic rings. The van der Waals surface area contributed by atoms with Crippen LogP contribution < -0.4 is 10.1 Å². The molecule has 7 heteroatoms. The summed E-state index contributed by atoms with van der Waals surface area (Å²) in [5.41, 5.74) is 0. The molecule has 1 aromatic carbocycles. The fourth-order valence-electron chi connectivity index (χ4n) is 1.64. The molecule has 0 radical (unpaired) electrons. The van der Waals surface area contributed by atoms with E-state index >= 15 is 0 Å². The summed E-state index contributed by atoms with van der Waals surface area (Å²) in [6, 6.07) is 1.69. The van der Waals surface area contributed by atoms with Gasteiger partial charge in [-0.3, -0.25) is 4.79 Å². The molecule has 1 amide bonds. The summed E-state index contributed by atoms with van der Waals surface area (Å²) >= 11 is 0. The Bertz CT molecular complexity index is 508. The first-order chi connectivity index (χ1) is 9.93. The van der Waals surface area contributed by atoms with Crippen LogP contribution in [0.15, 0.2) is 18.2 Å². The predicted molar refractivity (Wildman–Crippen MR) is 70.9 cm³/mol. The van der Waals surface area contributed by atoms with E-state index in [-0.39, 0.29) is 5.75 Å². The lowest BCUT2D eigenvalue weighted by molar-refractivity contribution is -0.142. The van der Waals surface area contributed by atoms with E-state index in [4.69, 9.17) is 9.84 Å². The van der Waals surface area contributed by atoms with Crippen LogP contribution in [0.2, 0.25) is 0 Å². The van der Waals surface area contributed by atoms with Gasteiger partial charge in [0.05, 0.1) is 0 Å². The molecule has 0 fully saturated rings. The van der Waals surface area contributed by atoms with Crippen LogP contribution in [0.5, 0.6) is 5.75 Å². The molecule has 0 aromatic heterocycles. The van der Waals surface area contributed by atoms with Crippen LogP contribution in [-0.4, -0.2) is 29.6 Å². The fourth-order valence-corrected chi connectivity index (χ4v) is 1.64. The highest BCUT2D eigenvalue weighted by Gasteiger charge is 2.19. The zero-order valence-electron chi connectivity index (χ0n) is 11.6. The van der Waals surface area contributed by atoms with Crippen LogP contribution in [0.4, 0.5) is 8.78 Å². The lowest BCUT2D eigenvalue weighted by Crippen LogP contribution is -2.42. The third kappa shape index (κ3) is 5.76. The molecule has 5 nitrogen and oxygen atoms in total. The van der Waals surface area contributed by atoms with Gasteiger partial charge in [0.1, 0.15) is 11.9 Å². The molecule has 1 atom stereocenters. The van der Waals surface area contributed by atoms with Gasteiger partial charge in [-0.1, -0.05) is 19.8 Å². The molecule has 0 unspecified atom stereocenters. The highest BCUT2D eigenvalue weighted by atomic mass is 19.1. The van der Waals surface area contributed by atoms with Gasteiger partial charge in [-0.2, -0.15) is 0 Å². The molecule has 0 spiro atoms. The Kier molecular flexibility index (Phi) is 6.58. The van der Waals surface area contributed by atoms with Gasteiger partial charge >= 0.3 is 5.97 Å². The molecule has 0 saturated heterocycles. The molecule has 0 heterocycles. The monoisotopic (exact) mass is 301 g/mol. The van der Waals surface area contributed by atoms with E-state index < -0.39 is 36.2 Å². The second kappa shape index (κ2) is 8.18. The Hall–Kier alpha value is -2.18. The summed E-state index contributed by atoms with van der Waals surface area (Å²) in [7, 11) is 0. The molecular weight excluding hydrogens is 284 g/mol. The van der Waals surface area contributed by atoms with Crippen molar-refractivity contribution in [2.45, 2.75) is 32.2 Å². The van der Waals surface area contributed by atoms with Gasteiger partial charge in [0.2, 0.25) is 0 Å². The maximum absolute atomic E-state index is 13.3. The van der Waals surface area contributed by atoms with E-state index in [2.05, 4.69) is 5.32 Å². The van der Waals surface area contributed by atoms with Crippen LogP contribution >= 0.6 is 0 Å². The lowest BCUT2D eigenvalue weighted by Gasteiger charge is -2.14. The number of hydrogen-bond donors (Lipinski definition) is 2. The zero-order chi connectivity index (χ0) is 15.8. The van der Waals surface area contributed by atoms with Crippen molar-refractivity contribution in [3.8, 4) is 5.75 Å². The quantitative estimate of drug-likeness (QED) is 0.771. The summed E-state index contributed by atoms with van der Waals surface area (Å²) in [4.78, 5) is 22.5. The van der Waals surface area contributed by atoms with Gasteiger partial charge in [0, 0.05) is 6.07 Å². The molecule has 0 aliphatic rings. The van der Waals surface area contributed by atoms with Gasteiger partial charge in [0.25, 0.3) is 5.91 Å². The average molecular weight is 301 g/mol. The molecule has 2 N–H and O–H groups in total. The highest BCUT2D eigenvalue weighted by molar-refractivity contribution is 5.84. The SMILES string of the molecule is CCCC[C@H](NC(=O)COc1ccc(F)cc1F)C(=O)O. The van der Waals surface area contributed by atoms with Gasteiger partial charge < -0.3 is 15.2 Å². The van der Waals surface area contributed by atoms with E-state index in [1.165, 1.54) is 0 Å².